The highest BCUT2D eigenvalue weighted by Crippen LogP contribution is 2.11. The molecule has 0 radical (unpaired) electrons. The molecule has 1 unspecified atom stereocenters. The molecule has 2 aromatic rings. The van der Waals surface area contributed by atoms with Gasteiger partial charge in [0.05, 0.1) is 0 Å². The highest BCUT2D eigenvalue weighted by molar-refractivity contribution is 6.20. The van der Waals surface area contributed by atoms with Gasteiger partial charge in [0.2, 0.25) is 0 Å². The van der Waals surface area contributed by atoms with Gasteiger partial charge in [-0.1, -0.05) is 30.3 Å². The molecule has 1 heterocycles. The number of fused-ring (bicyclic) bond motifs is 1. The molecule has 1 atom stereocenters. The standard InChI is InChI=1S/C19H23ClN2O/c1-14(20)13-16-10-8-15(9-11-16)5-4-12-21-19-22-17-6-2-3-7-18(17)23-19/h6-11,14H,2-5,12-13H2,1H3,(H,21,22). The van der Waals surface area contributed by atoms with E-state index >= 15 is 0 Å². The predicted molar refractivity (Wildman–Crippen MR) is 96.2 cm³/mol. The number of hydrogen-bond acceptors (Lipinski definition) is 3. The Bertz CT molecular complexity index is 713. The molecule has 122 valence electrons. The average Bonchev–Trinajstić information content (AvgIpc) is 2.95. The molecule has 0 saturated heterocycles. The van der Waals surface area contributed by atoms with Crippen LogP contribution in [0.3, 0.4) is 0 Å². The van der Waals surface area contributed by atoms with Crippen molar-refractivity contribution in [1.29, 1.82) is 0 Å². The minimum absolute atomic E-state index is 0.186. The van der Waals surface area contributed by atoms with Crippen molar-refractivity contribution in [2.75, 3.05) is 11.9 Å². The van der Waals surface area contributed by atoms with Crippen LogP contribution in [0.25, 0.3) is 12.2 Å². The first-order valence-corrected chi connectivity index (χ1v) is 8.77. The summed E-state index contributed by atoms with van der Waals surface area (Å²) in [6.07, 6.45) is 9.35. The smallest absolute Gasteiger partial charge is 0.295 e. The van der Waals surface area contributed by atoms with Crippen LogP contribution in [0.5, 0.6) is 0 Å². The van der Waals surface area contributed by atoms with Gasteiger partial charge in [-0.15, -0.1) is 11.6 Å². The summed E-state index contributed by atoms with van der Waals surface area (Å²) in [5.74, 6) is 0. The highest BCUT2D eigenvalue weighted by atomic mass is 35.5. The topological polar surface area (TPSA) is 38.1 Å². The van der Waals surface area contributed by atoms with Crippen molar-refractivity contribution in [3.8, 4) is 0 Å². The van der Waals surface area contributed by atoms with Crippen molar-refractivity contribution >= 4 is 29.8 Å². The van der Waals surface area contributed by atoms with Gasteiger partial charge in [-0.2, -0.15) is 4.98 Å². The van der Waals surface area contributed by atoms with Crippen LogP contribution in [0, 0.1) is 0 Å². The molecular formula is C19H23ClN2O. The molecular weight excluding hydrogens is 308 g/mol. The quantitative estimate of drug-likeness (QED) is 0.625. The van der Waals surface area contributed by atoms with Crippen LogP contribution in [0.15, 0.2) is 28.7 Å². The fraction of sp³-hybridized carbons (Fsp3) is 0.421. The van der Waals surface area contributed by atoms with Crippen LogP contribution < -0.4 is 16.1 Å². The third-order valence-electron chi connectivity index (χ3n) is 3.97. The second-order valence-electron chi connectivity index (χ2n) is 6.09. The summed E-state index contributed by atoms with van der Waals surface area (Å²) in [6.45, 7) is 2.89. The van der Waals surface area contributed by atoms with Gasteiger partial charge in [0.15, 0.2) is 5.42 Å². The average molecular weight is 331 g/mol. The summed E-state index contributed by atoms with van der Waals surface area (Å²) >= 11 is 6.02. The molecule has 0 spiro atoms. The monoisotopic (exact) mass is 330 g/mol. The van der Waals surface area contributed by atoms with Crippen molar-refractivity contribution in [3.63, 3.8) is 0 Å². The fourth-order valence-electron chi connectivity index (χ4n) is 2.80. The Kier molecular flexibility index (Phi) is 5.39. The van der Waals surface area contributed by atoms with E-state index in [0.29, 0.717) is 6.01 Å². The zero-order valence-electron chi connectivity index (χ0n) is 13.5. The van der Waals surface area contributed by atoms with E-state index in [9.17, 15) is 0 Å². The van der Waals surface area contributed by atoms with Crippen molar-refractivity contribution in [3.05, 3.63) is 46.2 Å². The van der Waals surface area contributed by atoms with Gasteiger partial charge in [-0.25, -0.2) is 0 Å². The number of halogens is 1. The van der Waals surface area contributed by atoms with E-state index in [0.717, 1.165) is 49.4 Å². The maximum atomic E-state index is 6.02. The molecule has 23 heavy (non-hydrogen) atoms. The van der Waals surface area contributed by atoms with E-state index in [2.05, 4.69) is 46.7 Å². The Morgan fingerprint density at radius 1 is 1.17 bits per heavy atom. The predicted octanol–water partition coefficient (Wildman–Crippen LogP) is 3.24. The van der Waals surface area contributed by atoms with Crippen LogP contribution in [0.1, 0.15) is 37.3 Å². The number of aromatic nitrogens is 1. The van der Waals surface area contributed by atoms with E-state index in [1.807, 2.05) is 6.92 Å². The molecule has 1 aliphatic rings. The lowest BCUT2D eigenvalue weighted by atomic mass is 10.0. The number of benzene rings is 1. The number of oxazole rings is 1. The zero-order valence-corrected chi connectivity index (χ0v) is 14.3. The largest absolute Gasteiger partial charge is 0.424 e. The van der Waals surface area contributed by atoms with Gasteiger partial charge in [0, 0.05) is 11.9 Å². The number of hydrogen-bond donors (Lipinski definition) is 1. The summed E-state index contributed by atoms with van der Waals surface area (Å²) in [7, 11) is 0. The molecule has 4 heteroatoms. The summed E-state index contributed by atoms with van der Waals surface area (Å²) < 4.78 is 5.69. The van der Waals surface area contributed by atoms with Crippen LogP contribution >= 0.6 is 11.6 Å². The Morgan fingerprint density at radius 2 is 1.91 bits per heavy atom. The van der Waals surface area contributed by atoms with Crippen molar-refractivity contribution in [1.82, 2.24) is 4.98 Å². The number of anilines is 1. The lowest BCUT2D eigenvalue weighted by molar-refractivity contribution is 0.534. The Balaban J connectivity index is 1.45. The van der Waals surface area contributed by atoms with Crippen LogP contribution in [0.2, 0.25) is 0 Å². The van der Waals surface area contributed by atoms with Crippen molar-refractivity contribution in [2.45, 2.75) is 44.4 Å². The number of nitrogens with zero attached hydrogens (tertiary/aromatic N) is 1. The minimum Gasteiger partial charge on any atom is -0.424 e. The SMILES string of the molecule is CC(Cl)Cc1ccc(CCCNc2nc3c(o2)=CCCC=3)cc1. The summed E-state index contributed by atoms with van der Waals surface area (Å²) in [5.41, 5.74) is 3.56. The van der Waals surface area contributed by atoms with Gasteiger partial charge >= 0.3 is 0 Å². The third kappa shape index (κ3) is 4.61. The molecule has 1 aromatic heterocycles. The van der Waals surface area contributed by atoms with Crippen molar-refractivity contribution < 1.29 is 4.42 Å². The maximum Gasteiger partial charge on any atom is 0.295 e. The maximum absolute atomic E-state index is 6.02. The Hall–Kier alpha value is -1.74. The summed E-state index contributed by atoms with van der Waals surface area (Å²) in [5, 5.41) is 4.44. The Morgan fingerprint density at radius 3 is 2.65 bits per heavy atom. The molecule has 3 rings (SSSR count). The minimum atomic E-state index is 0.186. The highest BCUT2D eigenvalue weighted by Gasteiger charge is 2.04. The second-order valence-corrected chi connectivity index (χ2v) is 6.83. The molecule has 1 aromatic carbocycles. The van der Waals surface area contributed by atoms with E-state index < -0.39 is 0 Å². The lowest BCUT2D eigenvalue weighted by Gasteiger charge is -2.06. The van der Waals surface area contributed by atoms with Crippen LogP contribution in [-0.4, -0.2) is 16.9 Å². The summed E-state index contributed by atoms with van der Waals surface area (Å²) in [6, 6.07) is 9.38. The van der Waals surface area contributed by atoms with E-state index in [-0.39, 0.29) is 5.38 Å². The first-order chi connectivity index (χ1) is 11.2. The molecule has 1 aliphatic carbocycles. The third-order valence-corrected chi connectivity index (χ3v) is 4.13. The molecule has 0 saturated carbocycles. The van der Waals surface area contributed by atoms with Gasteiger partial charge in [0.1, 0.15) is 5.35 Å². The van der Waals surface area contributed by atoms with E-state index in [4.69, 9.17) is 16.0 Å². The molecule has 1 N–H and O–H groups in total. The molecule has 0 amide bonds. The molecule has 3 nitrogen and oxygen atoms in total. The van der Waals surface area contributed by atoms with Gasteiger partial charge in [-0.3, -0.25) is 0 Å². The number of aryl methyl sites for hydroxylation is 1. The van der Waals surface area contributed by atoms with E-state index in [1.165, 1.54) is 11.1 Å². The first kappa shape index (κ1) is 16.1. The van der Waals surface area contributed by atoms with E-state index in [1.54, 1.807) is 0 Å². The van der Waals surface area contributed by atoms with Gasteiger partial charge in [-0.05, 0) is 56.2 Å². The second kappa shape index (κ2) is 7.69. The van der Waals surface area contributed by atoms with Crippen LogP contribution in [-0.2, 0) is 12.8 Å². The number of alkyl halides is 1. The first-order valence-electron chi connectivity index (χ1n) is 8.34. The molecule has 0 fully saturated rings. The number of nitrogens with one attached hydrogen (secondary N) is 1. The van der Waals surface area contributed by atoms with Crippen molar-refractivity contribution in [2.24, 2.45) is 0 Å². The van der Waals surface area contributed by atoms with Gasteiger partial charge in [0.25, 0.3) is 6.01 Å². The lowest BCUT2D eigenvalue weighted by Crippen LogP contribution is -2.23. The summed E-state index contributed by atoms with van der Waals surface area (Å²) in [4.78, 5) is 4.46. The fourth-order valence-corrected chi connectivity index (χ4v) is 2.98. The molecule has 0 bridgehead atoms. The number of rotatable bonds is 7. The van der Waals surface area contributed by atoms with Crippen LogP contribution in [0.4, 0.5) is 6.01 Å². The molecule has 0 aliphatic heterocycles. The van der Waals surface area contributed by atoms with Gasteiger partial charge < -0.3 is 9.73 Å². The normalized spacial score (nSPS) is 14.5. The Labute approximate surface area is 142 Å². The zero-order chi connectivity index (χ0) is 16.1.